The number of fused-ring (bicyclic) bond motifs is 1. The van der Waals surface area contributed by atoms with Gasteiger partial charge in [0.2, 0.25) is 0 Å². The molecule has 0 radical (unpaired) electrons. The third-order valence-electron chi connectivity index (χ3n) is 5.41. The van der Waals surface area contributed by atoms with E-state index in [4.69, 9.17) is 0 Å². The van der Waals surface area contributed by atoms with Crippen molar-refractivity contribution in [2.75, 3.05) is 0 Å². The standard InChI is InChI=1S/C17H32O/c1-13(2)6-5-9-17(18)16-11-10-14-7-3-4-8-15(14)12-16/h13-18H,3-12H2,1-2H3. The van der Waals surface area contributed by atoms with Crippen molar-refractivity contribution in [2.45, 2.75) is 84.2 Å². The van der Waals surface area contributed by atoms with Gasteiger partial charge in [-0.1, -0.05) is 52.4 Å². The maximum absolute atomic E-state index is 10.4. The lowest BCUT2D eigenvalue weighted by Crippen LogP contribution is -2.33. The van der Waals surface area contributed by atoms with E-state index in [1.807, 2.05) is 0 Å². The quantitative estimate of drug-likeness (QED) is 0.746. The summed E-state index contributed by atoms with van der Waals surface area (Å²) in [5.41, 5.74) is 0. The van der Waals surface area contributed by atoms with Crippen molar-refractivity contribution in [1.82, 2.24) is 0 Å². The Hall–Kier alpha value is -0.0400. The molecule has 2 aliphatic carbocycles. The summed E-state index contributed by atoms with van der Waals surface area (Å²) in [6, 6.07) is 0. The van der Waals surface area contributed by atoms with Gasteiger partial charge in [-0.15, -0.1) is 0 Å². The smallest absolute Gasteiger partial charge is 0.0568 e. The first-order valence-corrected chi connectivity index (χ1v) is 8.35. The SMILES string of the molecule is CC(C)CCCC(O)C1CCC2CCCCC2C1. The number of aliphatic hydroxyl groups excluding tert-OH is 1. The number of aliphatic hydroxyl groups is 1. The first-order valence-electron chi connectivity index (χ1n) is 8.35. The largest absolute Gasteiger partial charge is 0.393 e. The Morgan fingerprint density at radius 3 is 2.39 bits per heavy atom. The summed E-state index contributed by atoms with van der Waals surface area (Å²) in [7, 11) is 0. The van der Waals surface area contributed by atoms with Crippen LogP contribution in [0.4, 0.5) is 0 Å². The second-order valence-corrected chi connectivity index (χ2v) is 7.27. The van der Waals surface area contributed by atoms with Gasteiger partial charge in [0, 0.05) is 0 Å². The number of rotatable bonds is 5. The summed E-state index contributed by atoms with van der Waals surface area (Å²) < 4.78 is 0. The van der Waals surface area contributed by atoms with Gasteiger partial charge >= 0.3 is 0 Å². The van der Waals surface area contributed by atoms with E-state index in [0.29, 0.717) is 5.92 Å². The average Bonchev–Trinajstić information content (AvgIpc) is 2.37. The van der Waals surface area contributed by atoms with Crippen molar-refractivity contribution in [2.24, 2.45) is 23.7 Å². The number of hydrogen-bond donors (Lipinski definition) is 1. The number of hydrogen-bond acceptors (Lipinski definition) is 1. The normalized spacial score (nSPS) is 34.3. The summed E-state index contributed by atoms with van der Waals surface area (Å²) in [5.74, 6) is 3.37. The van der Waals surface area contributed by atoms with Gasteiger partial charge in [0.25, 0.3) is 0 Å². The van der Waals surface area contributed by atoms with Crippen LogP contribution in [0.2, 0.25) is 0 Å². The van der Waals surface area contributed by atoms with E-state index >= 15 is 0 Å². The predicted octanol–water partition coefficient (Wildman–Crippen LogP) is 4.78. The van der Waals surface area contributed by atoms with Gasteiger partial charge in [-0.2, -0.15) is 0 Å². The Labute approximate surface area is 113 Å². The minimum Gasteiger partial charge on any atom is -0.393 e. The second kappa shape index (κ2) is 6.93. The summed E-state index contributed by atoms with van der Waals surface area (Å²) >= 11 is 0. The molecule has 4 atom stereocenters. The maximum atomic E-state index is 10.4. The molecular weight excluding hydrogens is 220 g/mol. The van der Waals surface area contributed by atoms with Crippen LogP contribution in [-0.2, 0) is 0 Å². The zero-order valence-corrected chi connectivity index (χ0v) is 12.4. The highest BCUT2D eigenvalue weighted by molar-refractivity contribution is 4.85. The third-order valence-corrected chi connectivity index (χ3v) is 5.41. The molecule has 2 rings (SSSR count). The molecule has 4 unspecified atom stereocenters. The predicted molar refractivity (Wildman–Crippen MR) is 77.5 cm³/mol. The maximum Gasteiger partial charge on any atom is 0.0568 e. The molecule has 0 aromatic rings. The highest BCUT2D eigenvalue weighted by atomic mass is 16.3. The van der Waals surface area contributed by atoms with Gasteiger partial charge in [0.05, 0.1) is 6.10 Å². The molecule has 106 valence electrons. The summed E-state index contributed by atoms with van der Waals surface area (Å²) in [6.45, 7) is 4.55. The van der Waals surface area contributed by atoms with E-state index in [0.717, 1.165) is 24.2 Å². The Bertz CT molecular complexity index is 236. The Balaban J connectivity index is 1.72. The van der Waals surface area contributed by atoms with Gasteiger partial charge in [-0.05, 0) is 49.4 Å². The van der Waals surface area contributed by atoms with Gasteiger partial charge in [-0.25, -0.2) is 0 Å². The van der Waals surface area contributed by atoms with Crippen molar-refractivity contribution in [1.29, 1.82) is 0 Å². The van der Waals surface area contributed by atoms with E-state index in [9.17, 15) is 5.11 Å². The van der Waals surface area contributed by atoms with Crippen molar-refractivity contribution < 1.29 is 5.11 Å². The molecule has 0 aromatic carbocycles. The molecule has 2 saturated carbocycles. The first-order chi connectivity index (χ1) is 8.66. The molecule has 0 amide bonds. The molecule has 1 heteroatoms. The molecule has 1 nitrogen and oxygen atoms in total. The molecule has 0 heterocycles. The van der Waals surface area contributed by atoms with E-state index in [2.05, 4.69) is 13.8 Å². The fourth-order valence-corrected chi connectivity index (χ4v) is 4.23. The van der Waals surface area contributed by atoms with Gasteiger partial charge in [0.15, 0.2) is 0 Å². The molecule has 0 aromatic heterocycles. The van der Waals surface area contributed by atoms with Crippen LogP contribution in [0, 0.1) is 23.7 Å². The lowest BCUT2D eigenvalue weighted by atomic mass is 9.66. The van der Waals surface area contributed by atoms with E-state index < -0.39 is 0 Å². The molecule has 0 aliphatic heterocycles. The van der Waals surface area contributed by atoms with Gasteiger partial charge < -0.3 is 5.11 Å². The van der Waals surface area contributed by atoms with Crippen LogP contribution in [0.25, 0.3) is 0 Å². The van der Waals surface area contributed by atoms with E-state index in [-0.39, 0.29) is 6.10 Å². The molecule has 18 heavy (non-hydrogen) atoms. The fraction of sp³-hybridized carbons (Fsp3) is 1.00. The van der Waals surface area contributed by atoms with E-state index in [1.165, 1.54) is 57.8 Å². The highest BCUT2D eigenvalue weighted by Gasteiger charge is 2.34. The van der Waals surface area contributed by atoms with Crippen LogP contribution in [0.5, 0.6) is 0 Å². The Morgan fingerprint density at radius 2 is 1.67 bits per heavy atom. The van der Waals surface area contributed by atoms with Crippen LogP contribution in [0.1, 0.15) is 78.1 Å². The van der Waals surface area contributed by atoms with Crippen LogP contribution in [0.3, 0.4) is 0 Å². The monoisotopic (exact) mass is 252 g/mol. The molecule has 0 spiro atoms. The summed E-state index contributed by atoms with van der Waals surface area (Å²) in [5, 5.41) is 10.4. The lowest BCUT2D eigenvalue weighted by Gasteiger charge is -2.40. The van der Waals surface area contributed by atoms with Gasteiger partial charge in [0.1, 0.15) is 0 Å². The molecular formula is C17H32O. The lowest BCUT2D eigenvalue weighted by molar-refractivity contribution is 0.0294. The van der Waals surface area contributed by atoms with Crippen molar-refractivity contribution in [3.8, 4) is 0 Å². The van der Waals surface area contributed by atoms with Crippen LogP contribution < -0.4 is 0 Å². The average molecular weight is 252 g/mol. The highest BCUT2D eigenvalue weighted by Crippen LogP contribution is 2.44. The zero-order valence-electron chi connectivity index (χ0n) is 12.4. The zero-order chi connectivity index (χ0) is 13.0. The van der Waals surface area contributed by atoms with Crippen LogP contribution >= 0.6 is 0 Å². The van der Waals surface area contributed by atoms with Gasteiger partial charge in [-0.3, -0.25) is 0 Å². The molecule has 2 fully saturated rings. The molecule has 0 saturated heterocycles. The molecule has 0 bridgehead atoms. The van der Waals surface area contributed by atoms with Crippen LogP contribution in [-0.4, -0.2) is 11.2 Å². The van der Waals surface area contributed by atoms with Crippen molar-refractivity contribution >= 4 is 0 Å². The summed E-state index contributed by atoms with van der Waals surface area (Å²) in [4.78, 5) is 0. The molecule has 1 N–H and O–H groups in total. The topological polar surface area (TPSA) is 20.2 Å². The van der Waals surface area contributed by atoms with Crippen LogP contribution in [0.15, 0.2) is 0 Å². The van der Waals surface area contributed by atoms with Crippen molar-refractivity contribution in [3.63, 3.8) is 0 Å². The first kappa shape index (κ1) is 14.4. The Morgan fingerprint density at radius 1 is 0.944 bits per heavy atom. The van der Waals surface area contributed by atoms with Crippen molar-refractivity contribution in [3.05, 3.63) is 0 Å². The van der Waals surface area contributed by atoms with E-state index in [1.54, 1.807) is 0 Å². The Kier molecular flexibility index (Phi) is 5.54. The third kappa shape index (κ3) is 3.98. The minimum atomic E-state index is -0.00775. The summed E-state index contributed by atoms with van der Waals surface area (Å²) in [6.07, 6.45) is 13.4. The fourth-order valence-electron chi connectivity index (χ4n) is 4.23. The minimum absolute atomic E-state index is 0.00775. The molecule has 2 aliphatic rings. The second-order valence-electron chi connectivity index (χ2n) is 7.27.